The summed E-state index contributed by atoms with van der Waals surface area (Å²) in [6.07, 6.45) is 1.62. The minimum absolute atomic E-state index is 0.411. The fourth-order valence-electron chi connectivity index (χ4n) is 1.45. The van der Waals surface area contributed by atoms with Gasteiger partial charge in [0.15, 0.2) is 0 Å². The van der Waals surface area contributed by atoms with Gasteiger partial charge >= 0.3 is 0 Å². The average Bonchev–Trinajstić information content (AvgIpc) is 2.88. The highest BCUT2D eigenvalue weighted by Gasteiger charge is 1.97. The number of hydrogen-bond donors (Lipinski definition) is 1. The van der Waals surface area contributed by atoms with Crippen LogP contribution >= 0.6 is 23.8 Å². The molecule has 0 spiro atoms. The van der Waals surface area contributed by atoms with Crippen LogP contribution in [-0.4, -0.2) is 4.98 Å². The number of aromatic nitrogens is 1. The molecule has 0 amide bonds. The topological polar surface area (TPSA) is 28.9 Å². The highest BCUT2D eigenvalue weighted by molar-refractivity contribution is 7.71. The molecule has 1 N–H and O–H groups in total. The zero-order valence-electron chi connectivity index (χ0n) is 10.0. The Labute approximate surface area is 121 Å². The van der Waals surface area contributed by atoms with Crippen LogP contribution in [0.2, 0.25) is 5.02 Å². The van der Waals surface area contributed by atoms with Crippen molar-refractivity contribution < 1.29 is 4.42 Å². The molecule has 1 aromatic heterocycles. The van der Waals surface area contributed by atoms with Gasteiger partial charge in [0.25, 0.3) is 4.84 Å². The van der Waals surface area contributed by atoms with E-state index < -0.39 is 0 Å². The molecule has 4 heteroatoms. The molecular formula is C15H12ClNOS. The summed E-state index contributed by atoms with van der Waals surface area (Å²) in [7, 11) is 0. The molecule has 3 aromatic rings. The molecule has 3 rings (SSSR count). The van der Waals surface area contributed by atoms with E-state index in [1.807, 2.05) is 60.7 Å². The SMILES string of the molecule is Clc1ccccc1.S=c1[nH]c(-c2ccccc2)co1. The van der Waals surface area contributed by atoms with Gasteiger partial charge in [-0.2, -0.15) is 0 Å². The molecule has 0 bridgehead atoms. The standard InChI is InChI=1S/C9H7NOS.C6H5Cl/c12-9-10-8(6-11-9)7-4-2-1-3-5-7;7-6-4-2-1-3-5-6/h1-6H,(H,10,12);1-5H. The number of rotatable bonds is 1. The van der Waals surface area contributed by atoms with Gasteiger partial charge in [-0.05, 0) is 24.4 Å². The third-order valence-corrected chi connectivity index (χ3v) is 2.79. The van der Waals surface area contributed by atoms with Gasteiger partial charge in [-0.15, -0.1) is 0 Å². The highest BCUT2D eigenvalue weighted by atomic mass is 35.5. The lowest BCUT2D eigenvalue weighted by Crippen LogP contribution is -1.74. The second-order valence-electron chi connectivity index (χ2n) is 3.72. The molecule has 96 valence electrons. The predicted molar refractivity (Wildman–Crippen MR) is 80.8 cm³/mol. The van der Waals surface area contributed by atoms with Gasteiger partial charge in [-0.25, -0.2) is 0 Å². The third kappa shape index (κ3) is 4.39. The van der Waals surface area contributed by atoms with Crippen molar-refractivity contribution in [3.05, 3.63) is 76.8 Å². The van der Waals surface area contributed by atoms with Crippen molar-refractivity contribution >= 4 is 23.8 Å². The molecule has 0 atom stereocenters. The van der Waals surface area contributed by atoms with E-state index in [2.05, 4.69) is 4.98 Å². The number of halogens is 1. The van der Waals surface area contributed by atoms with E-state index in [1.54, 1.807) is 6.26 Å². The van der Waals surface area contributed by atoms with Crippen LogP contribution in [0, 0.1) is 4.84 Å². The quantitative estimate of drug-likeness (QED) is 0.612. The molecule has 0 unspecified atom stereocenters. The van der Waals surface area contributed by atoms with Gasteiger partial charge in [-0.3, -0.25) is 0 Å². The molecule has 0 saturated carbocycles. The summed E-state index contributed by atoms with van der Waals surface area (Å²) in [6.45, 7) is 0. The number of hydrogen-bond acceptors (Lipinski definition) is 2. The van der Waals surface area contributed by atoms with Gasteiger partial charge in [-0.1, -0.05) is 60.1 Å². The van der Waals surface area contributed by atoms with E-state index in [9.17, 15) is 0 Å². The van der Waals surface area contributed by atoms with Crippen LogP contribution in [-0.2, 0) is 0 Å². The minimum Gasteiger partial charge on any atom is -0.437 e. The van der Waals surface area contributed by atoms with Gasteiger partial charge < -0.3 is 9.40 Å². The Morgan fingerprint density at radius 2 is 1.47 bits per heavy atom. The van der Waals surface area contributed by atoms with E-state index in [1.165, 1.54) is 0 Å². The number of H-pyrrole nitrogens is 1. The van der Waals surface area contributed by atoms with Crippen LogP contribution in [0.25, 0.3) is 11.3 Å². The fourth-order valence-corrected chi connectivity index (χ4v) is 1.76. The molecule has 2 nitrogen and oxygen atoms in total. The Bertz CT molecular complexity index is 661. The molecular weight excluding hydrogens is 278 g/mol. The van der Waals surface area contributed by atoms with Crippen molar-refractivity contribution in [3.63, 3.8) is 0 Å². The lowest BCUT2D eigenvalue weighted by Gasteiger charge is -1.92. The van der Waals surface area contributed by atoms with Crippen LogP contribution in [0.3, 0.4) is 0 Å². The summed E-state index contributed by atoms with van der Waals surface area (Å²) in [4.78, 5) is 3.35. The normalized spacial score (nSPS) is 9.53. The summed E-state index contributed by atoms with van der Waals surface area (Å²) in [5.74, 6) is 0. The lowest BCUT2D eigenvalue weighted by atomic mass is 10.2. The molecule has 0 radical (unpaired) electrons. The largest absolute Gasteiger partial charge is 0.437 e. The van der Waals surface area contributed by atoms with Gasteiger partial charge in [0.1, 0.15) is 6.26 Å². The van der Waals surface area contributed by atoms with Crippen molar-refractivity contribution in [2.45, 2.75) is 0 Å². The summed E-state index contributed by atoms with van der Waals surface area (Å²) >= 11 is 10.4. The molecule has 1 heterocycles. The number of oxazole rings is 1. The molecule has 2 aromatic carbocycles. The molecule has 0 aliphatic rings. The van der Waals surface area contributed by atoms with Crippen molar-refractivity contribution in [2.75, 3.05) is 0 Å². The number of aromatic amines is 1. The second kappa shape index (κ2) is 6.92. The summed E-state index contributed by atoms with van der Waals surface area (Å²) in [6, 6.07) is 19.3. The van der Waals surface area contributed by atoms with E-state index >= 15 is 0 Å². The zero-order valence-corrected chi connectivity index (χ0v) is 11.6. The molecule has 0 aliphatic heterocycles. The van der Waals surface area contributed by atoms with E-state index in [4.69, 9.17) is 28.2 Å². The van der Waals surface area contributed by atoms with Gasteiger partial charge in [0, 0.05) is 10.6 Å². The Hall–Kier alpha value is -1.84. The summed E-state index contributed by atoms with van der Waals surface area (Å²) in [5.41, 5.74) is 2.00. The van der Waals surface area contributed by atoms with E-state index in [0.717, 1.165) is 16.3 Å². The first-order chi connectivity index (χ1) is 9.25. The Kier molecular flexibility index (Phi) is 4.95. The van der Waals surface area contributed by atoms with E-state index in [-0.39, 0.29) is 0 Å². The summed E-state index contributed by atoms with van der Waals surface area (Å²) < 4.78 is 4.98. The monoisotopic (exact) mass is 289 g/mol. The van der Waals surface area contributed by atoms with Crippen molar-refractivity contribution in [3.8, 4) is 11.3 Å². The third-order valence-electron chi connectivity index (χ3n) is 2.34. The average molecular weight is 290 g/mol. The summed E-state index contributed by atoms with van der Waals surface area (Å²) in [5, 5.41) is 0.794. The fraction of sp³-hybridized carbons (Fsp3) is 0. The predicted octanol–water partition coefficient (Wildman–Crippen LogP) is 5.34. The second-order valence-corrected chi connectivity index (χ2v) is 4.53. The Morgan fingerprint density at radius 1 is 0.895 bits per heavy atom. The number of nitrogens with one attached hydrogen (secondary N) is 1. The van der Waals surface area contributed by atoms with Crippen LogP contribution in [0.1, 0.15) is 0 Å². The Morgan fingerprint density at radius 3 is 1.89 bits per heavy atom. The lowest BCUT2D eigenvalue weighted by molar-refractivity contribution is 0.541. The minimum atomic E-state index is 0.411. The van der Waals surface area contributed by atoms with E-state index in [0.29, 0.717) is 4.84 Å². The maximum Gasteiger partial charge on any atom is 0.266 e. The van der Waals surface area contributed by atoms with Crippen molar-refractivity contribution in [2.24, 2.45) is 0 Å². The van der Waals surface area contributed by atoms with Crippen molar-refractivity contribution in [1.29, 1.82) is 0 Å². The van der Waals surface area contributed by atoms with Crippen molar-refractivity contribution in [1.82, 2.24) is 4.98 Å². The van der Waals surface area contributed by atoms with Crippen LogP contribution < -0.4 is 0 Å². The molecule has 0 aliphatic carbocycles. The van der Waals surface area contributed by atoms with Gasteiger partial charge in [0.2, 0.25) is 0 Å². The molecule has 0 fully saturated rings. The smallest absolute Gasteiger partial charge is 0.266 e. The van der Waals surface area contributed by atoms with Crippen LogP contribution in [0.4, 0.5) is 0 Å². The molecule has 0 saturated heterocycles. The van der Waals surface area contributed by atoms with Crippen LogP contribution in [0.15, 0.2) is 71.3 Å². The first-order valence-electron chi connectivity index (χ1n) is 5.69. The molecule has 19 heavy (non-hydrogen) atoms. The van der Waals surface area contributed by atoms with Crippen LogP contribution in [0.5, 0.6) is 0 Å². The first-order valence-corrected chi connectivity index (χ1v) is 6.48. The maximum atomic E-state index is 5.54. The maximum absolute atomic E-state index is 5.54. The zero-order chi connectivity index (χ0) is 13.5. The Balaban J connectivity index is 0.000000163. The highest BCUT2D eigenvalue weighted by Crippen LogP contribution is 2.15. The van der Waals surface area contributed by atoms with Gasteiger partial charge in [0.05, 0.1) is 5.69 Å². The number of benzene rings is 2. The first kappa shape index (κ1) is 13.6.